The Morgan fingerprint density at radius 3 is 2.90 bits per heavy atom. The SMILES string of the molecule is CCCOc1cccc(F)c1-c1nccc(C(=O)O)n1. The molecule has 0 radical (unpaired) electrons. The fourth-order valence-corrected chi connectivity index (χ4v) is 1.65. The minimum Gasteiger partial charge on any atom is -0.493 e. The minimum absolute atomic E-state index is 0.00546. The molecule has 2 rings (SSSR count). The second kappa shape index (κ2) is 6.10. The summed E-state index contributed by atoms with van der Waals surface area (Å²) in [6.45, 7) is 2.36. The molecule has 6 heteroatoms. The number of rotatable bonds is 5. The van der Waals surface area contributed by atoms with Crippen molar-refractivity contribution in [1.82, 2.24) is 9.97 Å². The van der Waals surface area contributed by atoms with Gasteiger partial charge in [-0.15, -0.1) is 0 Å². The van der Waals surface area contributed by atoms with Crippen LogP contribution in [0.1, 0.15) is 23.8 Å². The molecule has 1 aromatic heterocycles. The number of carboxylic acids is 1. The zero-order chi connectivity index (χ0) is 14.5. The van der Waals surface area contributed by atoms with E-state index in [9.17, 15) is 9.18 Å². The Kier molecular flexibility index (Phi) is 4.24. The van der Waals surface area contributed by atoms with Gasteiger partial charge in [-0.1, -0.05) is 13.0 Å². The third-order valence-electron chi connectivity index (χ3n) is 2.54. The fourth-order valence-electron chi connectivity index (χ4n) is 1.65. The van der Waals surface area contributed by atoms with E-state index >= 15 is 0 Å². The number of hydrogen-bond donors (Lipinski definition) is 1. The van der Waals surface area contributed by atoms with Gasteiger partial charge in [0.15, 0.2) is 11.5 Å². The highest BCUT2D eigenvalue weighted by Crippen LogP contribution is 2.30. The average Bonchev–Trinajstić information content (AvgIpc) is 2.45. The molecule has 0 atom stereocenters. The van der Waals surface area contributed by atoms with Crippen molar-refractivity contribution in [2.75, 3.05) is 6.61 Å². The van der Waals surface area contributed by atoms with Gasteiger partial charge in [0.05, 0.1) is 12.2 Å². The number of hydrogen-bond acceptors (Lipinski definition) is 4. The molecule has 0 aliphatic rings. The van der Waals surface area contributed by atoms with E-state index in [1.54, 1.807) is 6.07 Å². The van der Waals surface area contributed by atoms with E-state index in [2.05, 4.69) is 9.97 Å². The molecule has 0 spiro atoms. The Balaban J connectivity index is 2.50. The van der Waals surface area contributed by atoms with E-state index in [4.69, 9.17) is 9.84 Å². The van der Waals surface area contributed by atoms with Crippen LogP contribution in [0.2, 0.25) is 0 Å². The van der Waals surface area contributed by atoms with Crippen molar-refractivity contribution in [3.05, 3.63) is 42.0 Å². The molecule has 0 aliphatic heterocycles. The third-order valence-corrected chi connectivity index (χ3v) is 2.54. The van der Waals surface area contributed by atoms with Gasteiger partial charge in [-0.05, 0) is 24.6 Å². The summed E-state index contributed by atoms with van der Waals surface area (Å²) in [4.78, 5) is 18.7. The van der Waals surface area contributed by atoms with Gasteiger partial charge in [0.1, 0.15) is 11.6 Å². The Morgan fingerprint density at radius 2 is 2.20 bits per heavy atom. The quantitative estimate of drug-likeness (QED) is 0.909. The van der Waals surface area contributed by atoms with Gasteiger partial charge in [0.25, 0.3) is 0 Å². The van der Waals surface area contributed by atoms with Gasteiger partial charge in [0, 0.05) is 6.20 Å². The standard InChI is InChI=1S/C14H13FN2O3/c1-2-8-20-11-5-3-4-9(15)12(11)13-16-7-6-10(17-13)14(18)19/h3-7H,2,8H2,1H3,(H,18,19). The van der Waals surface area contributed by atoms with Crippen LogP contribution in [0.25, 0.3) is 11.4 Å². The summed E-state index contributed by atoms with van der Waals surface area (Å²) in [5.41, 5.74) is -0.122. The van der Waals surface area contributed by atoms with Crippen molar-refractivity contribution >= 4 is 5.97 Å². The molecule has 20 heavy (non-hydrogen) atoms. The number of carbonyl (C=O) groups is 1. The van der Waals surface area contributed by atoms with Crippen LogP contribution in [0.5, 0.6) is 5.75 Å². The summed E-state index contributed by atoms with van der Waals surface area (Å²) in [5.74, 6) is -1.45. The zero-order valence-electron chi connectivity index (χ0n) is 10.8. The first-order valence-corrected chi connectivity index (χ1v) is 6.11. The fraction of sp³-hybridized carbons (Fsp3) is 0.214. The van der Waals surface area contributed by atoms with E-state index in [1.165, 1.54) is 24.4 Å². The molecule has 5 nitrogen and oxygen atoms in total. The van der Waals surface area contributed by atoms with Gasteiger partial charge in [-0.3, -0.25) is 0 Å². The maximum Gasteiger partial charge on any atom is 0.354 e. The molecular formula is C14H13FN2O3. The third kappa shape index (κ3) is 2.90. The second-order valence-electron chi connectivity index (χ2n) is 4.03. The van der Waals surface area contributed by atoms with E-state index in [-0.39, 0.29) is 17.1 Å². The van der Waals surface area contributed by atoms with Crippen molar-refractivity contribution < 1.29 is 19.0 Å². The predicted octanol–water partition coefficient (Wildman–Crippen LogP) is 2.77. The van der Waals surface area contributed by atoms with Crippen molar-refractivity contribution in [2.24, 2.45) is 0 Å². The molecule has 104 valence electrons. The highest BCUT2D eigenvalue weighted by molar-refractivity contribution is 5.85. The van der Waals surface area contributed by atoms with Gasteiger partial charge < -0.3 is 9.84 Å². The highest BCUT2D eigenvalue weighted by Gasteiger charge is 2.16. The second-order valence-corrected chi connectivity index (χ2v) is 4.03. The lowest BCUT2D eigenvalue weighted by molar-refractivity contribution is 0.0690. The average molecular weight is 276 g/mol. The first-order valence-electron chi connectivity index (χ1n) is 6.11. The van der Waals surface area contributed by atoms with E-state index in [0.717, 1.165) is 6.42 Å². The Labute approximate surface area is 115 Å². The molecule has 0 saturated carbocycles. The molecule has 0 unspecified atom stereocenters. The first kappa shape index (κ1) is 13.9. The van der Waals surface area contributed by atoms with Crippen LogP contribution in [0, 0.1) is 5.82 Å². The molecule has 0 saturated heterocycles. The Hall–Kier alpha value is -2.50. The van der Waals surface area contributed by atoms with Gasteiger partial charge in [-0.25, -0.2) is 19.2 Å². The van der Waals surface area contributed by atoms with Crippen LogP contribution in [0.15, 0.2) is 30.5 Å². The molecule has 2 aromatic rings. The summed E-state index contributed by atoms with van der Waals surface area (Å²) < 4.78 is 19.4. The lowest BCUT2D eigenvalue weighted by Gasteiger charge is -2.10. The molecule has 1 aromatic carbocycles. The summed E-state index contributed by atoms with van der Waals surface area (Å²) >= 11 is 0. The van der Waals surface area contributed by atoms with Crippen molar-refractivity contribution in [2.45, 2.75) is 13.3 Å². The summed E-state index contributed by atoms with van der Waals surface area (Å²) in [6, 6.07) is 5.62. The van der Waals surface area contributed by atoms with Crippen LogP contribution in [0.4, 0.5) is 4.39 Å². The van der Waals surface area contributed by atoms with Crippen LogP contribution < -0.4 is 4.74 Å². The minimum atomic E-state index is -1.19. The summed E-state index contributed by atoms with van der Waals surface area (Å²) in [7, 11) is 0. The number of aromatic nitrogens is 2. The number of ether oxygens (including phenoxy) is 1. The van der Waals surface area contributed by atoms with Crippen molar-refractivity contribution in [1.29, 1.82) is 0 Å². The van der Waals surface area contributed by atoms with Crippen LogP contribution in [-0.4, -0.2) is 27.7 Å². The van der Waals surface area contributed by atoms with E-state index in [1.807, 2.05) is 6.92 Å². The molecule has 0 fully saturated rings. The molecule has 0 aliphatic carbocycles. The van der Waals surface area contributed by atoms with Gasteiger partial charge in [0.2, 0.25) is 0 Å². The number of nitrogens with zero attached hydrogens (tertiary/aromatic N) is 2. The molecule has 1 heterocycles. The van der Waals surface area contributed by atoms with Gasteiger partial charge in [-0.2, -0.15) is 0 Å². The smallest absolute Gasteiger partial charge is 0.354 e. The molecule has 0 bridgehead atoms. The summed E-state index contributed by atoms with van der Waals surface area (Å²) in [5, 5.41) is 8.92. The predicted molar refractivity (Wildman–Crippen MR) is 70.2 cm³/mol. The van der Waals surface area contributed by atoms with Crippen molar-refractivity contribution in [3.63, 3.8) is 0 Å². The van der Waals surface area contributed by atoms with Crippen LogP contribution in [0.3, 0.4) is 0 Å². The van der Waals surface area contributed by atoms with Gasteiger partial charge >= 0.3 is 5.97 Å². The summed E-state index contributed by atoms with van der Waals surface area (Å²) in [6.07, 6.45) is 2.05. The largest absolute Gasteiger partial charge is 0.493 e. The maximum absolute atomic E-state index is 14.0. The monoisotopic (exact) mass is 276 g/mol. The zero-order valence-corrected chi connectivity index (χ0v) is 10.8. The van der Waals surface area contributed by atoms with Crippen molar-refractivity contribution in [3.8, 4) is 17.1 Å². The molecule has 0 amide bonds. The van der Waals surface area contributed by atoms with E-state index in [0.29, 0.717) is 12.4 Å². The van der Waals surface area contributed by atoms with E-state index < -0.39 is 11.8 Å². The number of carboxylic acid groups (broad SMARTS) is 1. The first-order chi connectivity index (χ1) is 9.63. The Bertz CT molecular complexity index is 632. The molecular weight excluding hydrogens is 263 g/mol. The highest BCUT2D eigenvalue weighted by atomic mass is 19.1. The lowest BCUT2D eigenvalue weighted by atomic mass is 10.1. The number of aromatic carboxylic acids is 1. The number of benzene rings is 1. The Morgan fingerprint density at radius 1 is 1.40 bits per heavy atom. The maximum atomic E-state index is 14.0. The molecule has 1 N–H and O–H groups in total. The normalized spacial score (nSPS) is 10.3. The topological polar surface area (TPSA) is 72.3 Å². The van der Waals surface area contributed by atoms with Crippen LogP contribution >= 0.6 is 0 Å². The van der Waals surface area contributed by atoms with Crippen LogP contribution in [-0.2, 0) is 0 Å². The lowest BCUT2D eigenvalue weighted by Crippen LogP contribution is -2.05. The number of halogens is 1.